The fourth-order valence-corrected chi connectivity index (χ4v) is 5.80. The van der Waals surface area contributed by atoms with Crippen LogP contribution in [-0.4, -0.2) is 48.5 Å². The predicted molar refractivity (Wildman–Crippen MR) is 135 cm³/mol. The van der Waals surface area contributed by atoms with Crippen molar-refractivity contribution in [3.8, 4) is 17.6 Å². The Morgan fingerprint density at radius 1 is 1.14 bits per heavy atom. The third-order valence-electron chi connectivity index (χ3n) is 6.11. The Labute approximate surface area is 204 Å². The molecule has 9 heteroatoms. The summed E-state index contributed by atoms with van der Waals surface area (Å²) < 4.78 is 19.5. The first kappa shape index (κ1) is 24.7. The summed E-state index contributed by atoms with van der Waals surface area (Å²) in [5, 5.41) is 23.1. The number of aromatic nitrogens is 2. The van der Waals surface area contributed by atoms with Crippen LogP contribution in [0.25, 0.3) is 0 Å². The molecular formula is C26H28N4O4S. The van der Waals surface area contributed by atoms with Crippen LogP contribution < -0.4 is 10.9 Å². The molecule has 0 amide bonds. The summed E-state index contributed by atoms with van der Waals surface area (Å²) in [7, 11) is -2.39. The van der Waals surface area contributed by atoms with Crippen LogP contribution >= 0.6 is 0 Å². The molecule has 4 rings (SSSR count). The minimum atomic E-state index is -2.39. The zero-order chi connectivity index (χ0) is 24.8. The average Bonchev–Trinajstić information content (AvgIpc) is 3.22. The highest BCUT2D eigenvalue weighted by Crippen LogP contribution is 2.22. The van der Waals surface area contributed by atoms with E-state index in [9.17, 15) is 19.2 Å². The summed E-state index contributed by atoms with van der Waals surface area (Å²) in [6, 6.07) is 15.6. The number of H-pyrrole nitrogens is 1. The smallest absolute Gasteiger partial charge is 0.293 e. The van der Waals surface area contributed by atoms with Crippen molar-refractivity contribution in [3.05, 3.63) is 93.2 Å². The van der Waals surface area contributed by atoms with Crippen LogP contribution in [0, 0.1) is 16.6 Å². The predicted octanol–water partition coefficient (Wildman–Crippen LogP) is 2.10. The molecule has 1 aromatic heterocycles. The lowest BCUT2D eigenvalue weighted by atomic mass is 9.94. The van der Waals surface area contributed by atoms with Crippen molar-refractivity contribution in [3.63, 3.8) is 0 Å². The maximum atomic E-state index is 11.8. The second kappa shape index (κ2) is 10.9. The Bertz CT molecular complexity index is 1390. The van der Waals surface area contributed by atoms with Gasteiger partial charge < -0.3 is 20.5 Å². The van der Waals surface area contributed by atoms with Gasteiger partial charge in [-0.25, -0.2) is 9.19 Å². The van der Waals surface area contributed by atoms with Crippen LogP contribution in [0.4, 0.5) is 0 Å². The van der Waals surface area contributed by atoms with Crippen LogP contribution in [0.1, 0.15) is 40.3 Å². The first-order chi connectivity index (χ1) is 16.8. The van der Waals surface area contributed by atoms with Gasteiger partial charge in [-0.2, -0.15) is 0 Å². The largest absolute Gasteiger partial charge is 0.502 e. The highest BCUT2D eigenvalue weighted by molar-refractivity contribution is 7.92. The summed E-state index contributed by atoms with van der Waals surface area (Å²) in [4.78, 5) is 17.9. The maximum Gasteiger partial charge on any atom is 0.293 e. The Morgan fingerprint density at radius 2 is 1.80 bits per heavy atom. The number of benzene rings is 2. The van der Waals surface area contributed by atoms with Gasteiger partial charge in [0.25, 0.3) is 5.56 Å². The molecule has 0 bridgehead atoms. The van der Waals surface area contributed by atoms with E-state index in [1.807, 2.05) is 48.5 Å². The molecule has 3 aromatic rings. The lowest BCUT2D eigenvalue weighted by molar-refractivity contribution is 0.263. The zero-order valence-corrected chi connectivity index (χ0v) is 20.0. The molecule has 0 spiro atoms. The Hall–Kier alpha value is -3.45. The van der Waals surface area contributed by atoms with Gasteiger partial charge in [0, 0.05) is 57.3 Å². The van der Waals surface area contributed by atoms with Crippen molar-refractivity contribution in [1.82, 2.24) is 15.3 Å². The molecule has 2 aromatic carbocycles. The fraction of sp³-hybridized carbons (Fsp3) is 0.308. The third kappa shape index (κ3) is 6.57. The second-order valence-electron chi connectivity index (χ2n) is 8.73. The van der Waals surface area contributed by atoms with Crippen molar-refractivity contribution in [2.45, 2.75) is 31.3 Å². The summed E-state index contributed by atoms with van der Waals surface area (Å²) in [5.74, 6) is 6.46. The lowest BCUT2D eigenvalue weighted by Gasteiger charge is -2.14. The standard InChI is InChI=1S/C26H28N4O4S/c27-35(34)12-11-23(16-35)28-14-20-5-3-18(4-6-20)1-2-19-7-9-21(10-8-19)22(15-31)13-24-25(32)26(33)30-17-29-24/h3-10,17,22-23,27-28,31-32H,11-16H2,(H,29,30,33). The van der Waals surface area contributed by atoms with Gasteiger partial charge in [0.2, 0.25) is 5.75 Å². The quantitative estimate of drug-likeness (QED) is 0.320. The number of hydrogen-bond donors (Lipinski definition) is 5. The summed E-state index contributed by atoms with van der Waals surface area (Å²) >= 11 is 0. The number of nitrogens with zero attached hydrogens (tertiary/aromatic N) is 1. The van der Waals surface area contributed by atoms with Gasteiger partial charge in [-0.05, 0) is 41.8 Å². The van der Waals surface area contributed by atoms with Gasteiger partial charge in [0.05, 0.1) is 18.6 Å². The Balaban J connectivity index is 1.35. The number of hydrogen-bond acceptors (Lipinski definition) is 7. The average molecular weight is 493 g/mol. The van der Waals surface area contributed by atoms with Crippen LogP contribution in [0.3, 0.4) is 0 Å². The number of aromatic hydroxyl groups is 1. The molecule has 0 saturated carbocycles. The lowest BCUT2D eigenvalue weighted by Crippen LogP contribution is -2.29. The van der Waals surface area contributed by atoms with Gasteiger partial charge in [-0.3, -0.25) is 9.57 Å². The van der Waals surface area contributed by atoms with Crippen molar-refractivity contribution < 1.29 is 14.4 Å². The van der Waals surface area contributed by atoms with E-state index < -0.39 is 21.0 Å². The molecular weight excluding hydrogens is 464 g/mol. The van der Waals surface area contributed by atoms with Crippen molar-refractivity contribution in [2.75, 3.05) is 18.1 Å². The molecule has 1 aliphatic heterocycles. The molecule has 1 saturated heterocycles. The van der Waals surface area contributed by atoms with E-state index >= 15 is 0 Å². The maximum absolute atomic E-state index is 11.8. The molecule has 3 atom stereocenters. The van der Waals surface area contributed by atoms with Crippen molar-refractivity contribution in [1.29, 1.82) is 4.78 Å². The number of aliphatic hydroxyl groups is 1. The first-order valence-electron chi connectivity index (χ1n) is 11.4. The van der Waals surface area contributed by atoms with Crippen molar-refractivity contribution >= 4 is 9.73 Å². The fourth-order valence-electron chi connectivity index (χ4n) is 4.04. The molecule has 3 unspecified atom stereocenters. The minimum absolute atomic E-state index is 0.144. The molecule has 1 aliphatic rings. The van der Waals surface area contributed by atoms with Crippen LogP contribution in [0.15, 0.2) is 59.7 Å². The van der Waals surface area contributed by atoms with Crippen LogP contribution in [0.5, 0.6) is 5.75 Å². The monoisotopic (exact) mass is 492 g/mol. The van der Waals surface area contributed by atoms with Crippen molar-refractivity contribution in [2.24, 2.45) is 0 Å². The molecule has 0 aliphatic carbocycles. The van der Waals surface area contributed by atoms with Crippen LogP contribution in [0.2, 0.25) is 0 Å². The molecule has 35 heavy (non-hydrogen) atoms. The normalized spacial score (nSPS) is 20.2. The van der Waals surface area contributed by atoms with E-state index in [-0.39, 0.29) is 30.7 Å². The van der Waals surface area contributed by atoms with Crippen LogP contribution in [-0.2, 0) is 22.7 Å². The number of rotatable bonds is 7. The number of aliphatic hydroxyl groups excluding tert-OH is 1. The molecule has 2 heterocycles. The number of aromatic amines is 1. The molecule has 1 fully saturated rings. The van der Waals surface area contributed by atoms with E-state index in [2.05, 4.69) is 27.1 Å². The third-order valence-corrected chi connectivity index (χ3v) is 7.95. The van der Waals surface area contributed by atoms with Gasteiger partial charge in [0.15, 0.2) is 0 Å². The van der Waals surface area contributed by atoms with E-state index in [0.29, 0.717) is 18.1 Å². The minimum Gasteiger partial charge on any atom is -0.502 e. The summed E-state index contributed by atoms with van der Waals surface area (Å²) in [6.07, 6.45) is 2.26. The molecule has 5 N–H and O–H groups in total. The van der Waals surface area contributed by atoms with Gasteiger partial charge in [-0.1, -0.05) is 36.1 Å². The molecule has 182 valence electrons. The molecule has 0 radical (unpaired) electrons. The zero-order valence-electron chi connectivity index (χ0n) is 19.2. The summed E-state index contributed by atoms with van der Waals surface area (Å²) in [6.45, 7) is 0.523. The molecule has 8 nitrogen and oxygen atoms in total. The van der Waals surface area contributed by atoms with E-state index in [1.165, 1.54) is 6.33 Å². The van der Waals surface area contributed by atoms with Gasteiger partial charge >= 0.3 is 0 Å². The highest BCUT2D eigenvalue weighted by Gasteiger charge is 2.24. The topological polar surface area (TPSA) is 139 Å². The first-order valence-corrected chi connectivity index (χ1v) is 13.3. The Kier molecular flexibility index (Phi) is 7.66. The SMILES string of the molecule is N=S1(=O)CCC(NCc2ccc(C#Cc3ccc(C(CO)Cc4nc[nH]c(=O)c4O)cc3)cc2)C1. The van der Waals surface area contributed by atoms with E-state index in [0.717, 1.165) is 28.7 Å². The van der Waals surface area contributed by atoms with E-state index in [1.54, 1.807) is 0 Å². The van der Waals surface area contributed by atoms with E-state index in [4.69, 9.17) is 4.78 Å². The summed E-state index contributed by atoms with van der Waals surface area (Å²) in [5.41, 5.74) is 3.33. The second-order valence-corrected chi connectivity index (χ2v) is 11.1. The van der Waals surface area contributed by atoms with Gasteiger partial charge in [0.1, 0.15) is 0 Å². The number of nitrogens with one attached hydrogen (secondary N) is 3. The van der Waals surface area contributed by atoms with Gasteiger partial charge in [-0.15, -0.1) is 0 Å². The Morgan fingerprint density at radius 3 is 2.40 bits per heavy atom. The highest BCUT2D eigenvalue weighted by atomic mass is 32.2.